The molecule has 0 radical (unpaired) electrons. The number of aliphatic hydroxyl groups excluding tert-OH is 13. The zero-order chi connectivity index (χ0) is 51.0. The van der Waals surface area contributed by atoms with Crippen LogP contribution in [0.15, 0.2) is 0 Å². The lowest BCUT2D eigenvalue weighted by atomic mass is 9.91. The Bertz CT molecular complexity index is 1730. The van der Waals surface area contributed by atoms with E-state index in [0.717, 1.165) is 0 Å². The standard InChI is InChI=1S/C32H58N2O32P2/c33-13-17(42)16(41)11(58-27(13)47)5-56-28-14(34)18(43)24(65-67(50,51)52)12(61-28)6-57-32(31(48)49)1-7(38)22(23(64-32)8(39)2-35)62-30-21(46)26(66-68(53,54)55)25(10(4-37)60-30)63-29-20(45)19(44)15(40)9(3-36)59-29/h7-30,35-47H,1-6,33-34H2,(H,48,49)(H2,50,51,52)(H2,53,54,55)/t7-,8-,9-,10-,11-,12-,13-,14-,15-,16-,17-,18-,19+,20-,21+,22-,23-,24-,25-,26-,27+,28-,29+,30-,32-/m1/s1. The molecular formula is C32H58N2O32P2. The maximum Gasteiger partial charge on any atom is 0.470 e. The van der Waals surface area contributed by atoms with Gasteiger partial charge in [0.15, 0.2) is 25.2 Å². The Hall–Kier alpha value is -1.27. The third kappa shape index (κ3) is 13.1. The molecule has 0 aromatic heterocycles. The van der Waals surface area contributed by atoms with Gasteiger partial charge in [0.2, 0.25) is 0 Å². The van der Waals surface area contributed by atoms with Crippen molar-refractivity contribution in [2.45, 2.75) is 159 Å². The highest BCUT2D eigenvalue weighted by atomic mass is 31.2. The molecule has 5 saturated heterocycles. The Balaban J connectivity index is 1.37. The average Bonchev–Trinajstić information content (AvgIpc) is 3.26. The number of rotatable bonds is 19. The Labute approximate surface area is 382 Å². The smallest absolute Gasteiger partial charge is 0.470 e. The minimum atomic E-state index is -5.69. The minimum absolute atomic E-state index is 0.766. The van der Waals surface area contributed by atoms with Gasteiger partial charge in [-0.05, 0) is 0 Å². The van der Waals surface area contributed by atoms with Gasteiger partial charge in [-0.25, -0.2) is 13.9 Å². The molecule has 5 rings (SSSR count). The molecule has 5 heterocycles. The van der Waals surface area contributed by atoms with Crippen LogP contribution >= 0.6 is 15.6 Å². The summed E-state index contributed by atoms with van der Waals surface area (Å²) in [5.41, 5.74) is 11.6. The first-order chi connectivity index (χ1) is 31.6. The summed E-state index contributed by atoms with van der Waals surface area (Å²) in [6.45, 7) is -5.46. The monoisotopic (exact) mass is 1040 g/mol. The number of aliphatic carboxylic acids is 1. The number of phosphoric ester groups is 2. The van der Waals surface area contributed by atoms with Crippen molar-refractivity contribution in [1.29, 1.82) is 0 Å². The quantitative estimate of drug-likeness (QED) is 0.0534. The molecule has 34 nitrogen and oxygen atoms in total. The molecule has 68 heavy (non-hydrogen) atoms. The van der Waals surface area contributed by atoms with Crippen molar-refractivity contribution in [3.05, 3.63) is 0 Å². The van der Waals surface area contributed by atoms with Crippen LogP contribution < -0.4 is 11.5 Å². The molecule has 25 atom stereocenters. The molecule has 0 saturated carbocycles. The van der Waals surface area contributed by atoms with Crippen LogP contribution in [0.5, 0.6) is 0 Å². The van der Waals surface area contributed by atoms with Crippen molar-refractivity contribution in [3.63, 3.8) is 0 Å². The summed E-state index contributed by atoms with van der Waals surface area (Å²) in [5.74, 6) is -5.28. The molecule has 0 amide bonds. The number of hydrogen-bond donors (Lipinski definition) is 20. The minimum Gasteiger partial charge on any atom is -0.477 e. The third-order valence-corrected chi connectivity index (χ3v) is 12.6. The van der Waals surface area contributed by atoms with Gasteiger partial charge in [0.25, 0.3) is 5.79 Å². The maximum atomic E-state index is 12.9. The van der Waals surface area contributed by atoms with E-state index >= 15 is 0 Å². The molecule has 0 aliphatic carbocycles. The van der Waals surface area contributed by atoms with E-state index in [2.05, 4.69) is 4.52 Å². The Morgan fingerprint density at radius 1 is 0.618 bits per heavy atom. The number of carbonyl (C=O) groups is 1. The fourth-order valence-electron chi connectivity index (χ4n) is 7.92. The summed E-state index contributed by atoms with van der Waals surface area (Å²) < 4.78 is 82.8. The first kappa shape index (κ1) is 57.6. The first-order valence-electron chi connectivity index (χ1n) is 20.3. The van der Waals surface area contributed by atoms with Crippen molar-refractivity contribution in [2.24, 2.45) is 11.5 Å². The van der Waals surface area contributed by atoms with Gasteiger partial charge in [-0.1, -0.05) is 0 Å². The molecular weight excluding hydrogens is 986 g/mol. The second-order valence-corrected chi connectivity index (χ2v) is 18.7. The first-order valence-corrected chi connectivity index (χ1v) is 23.4. The topological polar surface area (TPSA) is 569 Å². The van der Waals surface area contributed by atoms with Crippen LogP contribution in [0.3, 0.4) is 0 Å². The number of hydrogen-bond acceptors (Lipinski definition) is 29. The number of ether oxygens (including phenoxy) is 9. The SMILES string of the molecule is N[C@@H]1[C@@H](O)[C@H](O)[C@@H](CO[C@@H]2O[C@H](CO[C@]3(C(=O)O)C[C@@H](O)[C@@H](O[C@H]4O[C@H](CO)[C@@H](O[C@@H]5O[C@H](CO)[C@@H](O)[C@H](O)[C@H]5O)[C@H](OP(=O)(O)O)[C@@H]4O)[C@@H]([C@H](O)CO)O3)[C@@H](OP(=O)(O)O)[C@H](O)[C@H]2N)O[C@@H]1O. The van der Waals surface area contributed by atoms with E-state index < -0.39 is 214 Å². The number of phosphoric acid groups is 2. The van der Waals surface area contributed by atoms with Crippen molar-refractivity contribution < 1.29 is 157 Å². The van der Waals surface area contributed by atoms with Crippen molar-refractivity contribution in [3.8, 4) is 0 Å². The average molecular weight is 1040 g/mol. The summed E-state index contributed by atoms with van der Waals surface area (Å²) in [6.07, 6.45) is -46.2. The molecule has 22 N–H and O–H groups in total. The summed E-state index contributed by atoms with van der Waals surface area (Å²) in [6, 6.07) is -3.20. The van der Waals surface area contributed by atoms with E-state index in [9.17, 15) is 105 Å². The molecule has 5 fully saturated rings. The molecule has 0 aromatic carbocycles. The van der Waals surface area contributed by atoms with E-state index in [4.69, 9.17) is 58.6 Å². The fraction of sp³-hybridized carbons (Fsp3) is 0.969. The van der Waals surface area contributed by atoms with Crippen LogP contribution in [0, 0.1) is 0 Å². The molecule has 36 heteroatoms. The second kappa shape index (κ2) is 23.3. The van der Waals surface area contributed by atoms with E-state index in [-0.39, 0.29) is 0 Å². The Morgan fingerprint density at radius 3 is 1.74 bits per heavy atom. The van der Waals surface area contributed by atoms with Gasteiger partial charge in [0, 0.05) is 6.42 Å². The van der Waals surface area contributed by atoms with Crippen LogP contribution in [0.4, 0.5) is 0 Å². The van der Waals surface area contributed by atoms with Crippen molar-refractivity contribution in [2.75, 3.05) is 33.0 Å². The highest BCUT2D eigenvalue weighted by molar-refractivity contribution is 7.46. The van der Waals surface area contributed by atoms with E-state index in [1.807, 2.05) is 0 Å². The molecule has 0 bridgehead atoms. The second-order valence-electron chi connectivity index (χ2n) is 16.3. The lowest BCUT2D eigenvalue weighted by Crippen LogP contribution is -2.68. The predicted octanol–water partition coefficient (Wildman–Crippen LogP) is -11.9. The molecule has 5 aliphatic rings. The number of aliphatic hydroxyl groups is 13. The van der Waals surface area contributed by atoms with Gasteiger partial charge in [0.1, 0.15) is 104 Å². The van der Waals surface area contributed by atoms with Gasteiger partial charge >= 0.3 is 21.6 Å². The van der Waals surface area contributed by atoms with E-state index in [0.29, 0.717) is 0 Å². The summed E-state index contributed by atoms with van der Waals surface area (Å²) in [7, 11) is -11.2. The number of carboxylic acid groups (broad SMARTS) is 1. The lowest BCUT2D eigenvalue weighted by Gasteiger charge is -2.50. The van der Waals surface area contributed by atoms with Crippen LogP contribution in [-0.4, -0.2) is 283 Å². The van der Waals surface area contributed by atoms with Crippen LogP contribution in [0.1, 0.15) is 6.42 Å². The van der Waals surface area contributed by atoms with Crippen LogP contribution in [0.2, 0.25) is 0 Å². The van der Waals surface area contributed by atoms with Gasteiger partial charge in [-0.3, -0.25) is 9.05 Å². The predicted molar refractivity (Wildman–Crippen MR) is 203 cm³/mol. The van der Waals surface area contributed by atoms with Gasteiger partial charge in [-0.15, -0.1) is 0 Å². The lowest BCUT2D eigenvalue weighted by molar-refractivity contribution is -0.383. The summed E-state index contributed by atoms with van der Waals surface area (Å²) >= 11 is 0. The number of nitrogens with two attached hydrogens (primary N) is 2. The fourth-order valence-corrected chi connectivity index (χ4v) is 9.06. The van der Waals surface area contributed by atoms with Gasteiger partial charge < -0.3 is 145 Å². The van der Waals surface area contributed by atoms with Crippen molar-refractivity contribution >= 4 is 21.6 Å². The summed E-state index contributed by atoms with van der Waals surface area (Å²) in [4.78, 5) is 51.7. The largest absolute Gasteiger partial charge is 0.477 e. The molecule has 0 unspecified atom stereocenters. The zero-order valence-electron chi connectivity index (χ0n) is 34.9. The van der Waals surface area contributed by atoms with Gasteiger partial charge in [0.05, 0.1) is 51.2 Å². The van der Waals surface area contributed by atoms with E-state index in [1.54, 1.807) is 0 Å². The molecule has 5 aliphatic heterocycles. The van der Waals surface area contributed by atoms with Gasteiger partial charge in [-0.2, -0.15) is 0 Å². The highest BCUT2D eigenvalue weighted by Crippen LogP contribution is 2.45. The Morgan fingerprint density at radius 2 is 1.16 bits per heavy atom. The highest BCUT2D eigenvalue weighted by Gasteiger charge is 2.60. The number of carboxylic acids is 1. The van der Waals surface area contributed by atoms with E-state index in [1.165, 1.54) is 0 Å². The molecule has 0 aromatic rings. The zero-order valence-corrected chi connectivity index (χ0v) is 36.7. The van der Waals surface area contributed by atoms with Crippen LogP contribution in [0.25, 0.3) is 0 Å². The summed E-state index contributed by atoms with van der Waals surface area (Å²) in [5, 5.41) is 146. The normalized spacial score (nSPS) is 46.8. The van der Waals surface area contributed by atoms with Crippen LogP contribution in [-0.2, 0) is 65.6 Å². The maximum absolute atomic E-state index is 12.9. The van der Waals surface area contributed by atoms with Crippen molar-refractivity contribution in [1.82, 2.24) is 0 Å². The third-order valence-electron chi connectivity index (χ3n) is 11.5. The molecule has 398 valence electrons. The molecule has 0 spiro atoms. The Kier molecular flexibility index (Phi) is 19.7.